The van der Waals surface area contributed by atoms with Gasteiger partial charge in [0.1, 0.15) is 0 Å². The fourth-order valence-electron chi connectivity index (χ4n) is 2.29. The lowest BCUT2D eigenvalue weighted by Gasteiger charge is -2.27. The highest BCUT2D eigenvalue weighted by molar-refractivity contribution is 7.90. The van der Waals surface area contributed by atoms with Gasteiger partial charge in [0, 0.05) is 31.2 Å². The van der Waals surface area contributed by atoms with Crippen LogP contribution in [0.1, 0.15) is 31.0 Å². The van der Waals surface area contributed by atoms with Crippen LogP contribution in [0.5, 0.6) is 0 Å². The van der Waals surface area contributed by atoms with Gasteiger partial charge in [-0.2, -0.15) is 0 Å². The maximum Gasteiger partial charge on any atom is 0.175 e. The molecule has 0 unspecified atom stereocenters. The lowest BCUT2D eigenvalue weighted by Crippen LogP contribution is -2.36. The van der Waals surface area contributed by atoms with Crippen LogP contribution < -0.4 is 5.32 Å². The van der Waals surface area contributed by atoms with Crippen molar-refractivity contribution in [2.24, 2.45) is 0 Å². The van der Waals surface area contributed by atoms with Gasteiger partial charge in [-0.1, -0.05) is 12.1 Å². The van der Waals surface area contributed by atoms with Gasteiger partial charge < -0.3 is 10.4 Å². The van der Waals surface area contributed by atoms with E-state index in [4.69, 9.17) is 0 Å². The lowest BCUT2D eigenvalue weighted by atomic mass is 9.95. The van der Waals surface area contributed by atoms with E-state index in [1.54, 1.807) is 31.5 Å². The van der Waals surface area contributed by atoms with Crippen LogP contribution in [-0.2, 0) is 15.4 Å². The SMILES string of the molecule is C[C@@H](NC[C@@](C)(O)c1ccc(S(C)(=O)=O)cc1)c1ccncc1. The van der Waals surface area contributed by atoms with Gasteiger partial charge in [0.2, 0.25) is 0 Å². The standard InChI is InChI=1S/C17H22N2O3S/c1-13(14-8-10-18-11-9-14)19-12-17(2,20)15-4-6-16(7-5-15)23(3,21)22/h4-11,13,19-20H,12H2,1-3H3/t13-,17-/m1/s1. The number of aromatic nitrogens is 1. The van der Waals surface area contributed by atoms with Crippen LogP contribution >= 0.6 is 0 Å². The second-order valence-electron chi connectivity index (χ2n) is 5.95. The summed E-state index contributed by atoms with van der Waals surface area (Å²) in [5.41, 5.74) is 0.652. The van der Waals surface area contributed by atoms with Gasteiger partial charge in [-0.15, -0.1) is 0 Å². The molecule has 2 atom stereocenters. The summed E-state index contributed by atoms with van der Waals surface area (Å²) in [7, 11) is -3.23. The summed E-state index contributed by atoms with van der Waals surface area (Å²) in [6, 6.07) is 10.3. The van der Waals surface area contributed by atoms with Crippen LogP contribution in [0, 0.1) is 0 Å². The van der Waals surface area contributed by atoms with Crippen LogP contribution in [0.2, 0.25) is 0 Å². The van der Waals surface area contributed by atoms with Gasteiger partial charge in [-0.05, 0) is 49.2 Å². The molecule has 0 amide bonds. The summed E-state index contributed by atoms with van der Waals surface area (Å²) in [5.74, 6) is 0. The first-order chi connectivity index (χ1) is 10.7. The molecule has 1 heterocycles. The fourth-order valence-corrected chi connectivity index (χ4v) is 2.92. The third kappa shape index (κ3) is 4.60. The number of rotatable bonds is 6. The fraction of sp³-hybridized carbons (Fsp3) is 0.353. The molecule has 2 rings (SSSR count). The molecular weight excluding hydrogens is 312 g/mol. The van der Waals surface area contributed by atoms with Gasteiger partial charge in [-0.3, -0.25) is 4.98 Å². The molecule has 124 valence electrons. The van der Waals surface area contributed by atoms with E-state index in [2.05, 4.69) is 10.3 Å². The Labute approximate surface area is 137 Å². The van der Waals surface area contributed by atoms with Crippen molar-refractivity contribution in [2.45, 2.75) is 30.4 Å². The third-order valence-corrected chi connectivity index (χ3v) is 4.99. The molecule has 23 heavy (non-hydrogen) atoms. The zero-order chi connectivity index (χ0) is 17.1. The Morgan fingerprint density at radius 3 is 2.26 bits per heavy atom. The van der Waals surface area contributed by atoms with E-state index in [9.17, 15) is 13.5 Å². The van der Waals surface area contributed by atoms with Crippen molar-refractivity contribution in [3.63, 3.8) is 0 Å². The Balaban J connectivity index is 2.07. The van der Waals surface area contributed by atoms with Crippen molar-refractivity contribution in [1.82, 2.24) is 10.3 Å². The third-order valence-electron chi connectivity index (χ3n) is 3.86. The number of hydrogen-bond donors (Lipinski definition) is 2. The first-order valence-corrected chi connectivity index (χ1v) is 9.25. The molecular formula is C17H22N2O3S. The Kier molecular flexibility index (Phi) is 5.19. The summed E-state index contributed by atoms with van der Waals surface area (Å²) < 4.78 is 23.0. The molecule has 0 saturated carbocycles. The number of benzene rings is 1. The molecule has 1 aromatic heterocycles. The van der Waals surface area contributed by atoms with Gasteiger partial charge >= 0.3 is 0 Å². The topological polar surface area (TPSA) is 79.3 Å². The molecule has 5 nitrogen and oxygen atoms in total. The maximum atomic E-state index is 11.5. The van der Waals surface area contributed by atoms with Crippen LogP contribution in [0.3, 0.4) is 0 Å². The highest BCUT2D eigenvalue weighted by atomic mass is 32.2. The van der Waals surface area contributed by atoms with E-state index in [-0.39, 0.29) is 10.9 Å². The molecule has 0 fully saturated rings. The van der Waals surface area contributed by atoms with Crippen molar-refractivity contribution >= 4 is 9.84 Å². The second kappa shape index (κ2) is 6.78. The summed E-state index contributed by atoms with van der Waals surface area (Å²) in [6.45, 7) is 4.06. The molecule has 0 aliphatic carbocycles. The van der Waals surface area contributed by atoms with Crippen LogP contribution in [0.25, 0.3) is 0 Å². The van der Waals surface area contributed by atoms with Gasteiger partial charge in [-0.25, -0.2) is 8.42 Å². The number of aliphatic hydroxyl groups is 1. The van der Waals surface area contributed by atoms with E-state index in [0.29, 0.717) is 12.1 Å². The Hall–Kier alpha value is -1.76. The van der Waals surface area contributed by atoms with Gasteiger partial charge in [0.05, 0.1) is 10.5 Å². The van der Waals surface area contributed by atoms with Crippen molar-refractivity contribution in [3.8, 4) is 0 Å². The molecule has 0 aliphatic heterocycles. The number of hydrogen-bond acceptors (Lipinski definition) is 5. The Bertz CT molecular complexity index is 741. The molecule has 2 aromatic rings. The van der Waals surface area contributed by atoms with E-state index in [1.165, 1.54) is 12.1 Å². The van der Waals surface area contributed by atoms with Crippen molar-refractivity contribution < 1.29 is 13.5 Å². The van der Waals surface area contributed by atoms with E-state index >= 15 is 0 Å². The molecule has 0 radical (unpaired) electrons. The minimum atomic E-state index is -3.23. The average molecular weight is 334 g/mol. The molecule has 0 bridgehead atoms. The molecule has 0 spiro atoms. The van der Waals surface area contributed by atoms with E-state index in [1.807, 2.05) is 19.1 Å². The zero-order valence-corrected chi connectivity index (χ0v) is 14.3. The number of nitrogens with zero attached hydrogens (tertiary/aromatic N) is 1. The van der Waals surface area contributed by atoms with Crippen molar-refractivity contribution in [2.75, 3.05) is 12.8 Å². The minimum Gasteiger partial charge on any atom is -0.384 e. The number of pyridine rings is 1. The largest absolute Gasteiger partial charge is 0.384 e. The van der Waals surface area contributed by atoms with Crippen molar-refractivity contribution in [1.29, 1.82) is 0 Å². The summed E-state index contributed by atoms with van der Waals surface area (Å²) in [6.07, 6.45) is 4.63. The first-order valence-electron chi connectivity index (χ1n) is 7.36. The second-order valence-corrected chi connectivity index (χ2v) is 7.97. The Morgan fingerprint density at radius 2 is 1.74 bits per heavy atom. The minimum absolute atomic E-state index is 0.0692. The van der Waals surface area contributed by atoms with Crippen LogP contribution in [0.4, 0.5) is 0 Å². The monoisotopic (exact) mass is 334 g/mol. The van der Waals surface area contributed by atoms with Crippen molar-refractivity contribution in [3.05, 3.63) is 59.9 Å². The van der Waals surface area contributed by atoms with E-state index in [0.717, 1.165) is 11.8 Å². The average Bonchev–Trinajstić information content (AvgIpc) is 2.53. The van der Waals surface area contributed by atoms with Gasteiger partial charge in [0.15, 0.2) is 9.84 Å². The quantitative estimate of drug-likeness (QED) is 0.845. The van der Waals surface area contributed by atoms with E-state index < -0.39 is 15.4 Å². The summed E-state index contributed by atoms with van der Waals surface area (Å²) in [4.78, 5) is 4.23. The molecule has 6 heteroatoms. The highest BCUT2D eigenvalue weighted by Gasteiger charge is 2.24. The number of sulfone groups is 1. The normalized spacial score (nSPS) is 15.8. The zero-order valence-electron chi connectivity index (χ0n) is 13.5. The number of nitrogens with one attached hydrogen (secondary N) is 1. The van der Waals surface area contributed by atoms with Crippen LogP contribution in [-0.4, -0.2) is 31.3 Å². The van der Waals surface area contributed by atoms with Gasteiger partial charge in [0.25, 0.3) is 0 Å². The molecule has 2 N–H and O–H groups in total. The predicted octanol–water partition coefficient (Wildman–Crippen LogP) is 2.04. The molecule has 1 aromatic carbocycles. The summed E-state index contributed by atoms with van der Waals surface area (Å²) in [5, 5.41) is 13.9. The molecule has 0 aliphatic rings. The Morgan fingerprint density at radius 1 is 1.17 bits per heavy atom. The summed E-state index contributed by atoms with van der Waals surface area (Å²) >= 11 is 0. The molecule has 0 saturated heterocycles. The smallest absolute Gasteiger partial charge is 0.175 e. The van der Waals surface area contributed by atoms with Crippen LogP contribution in [0.15, 0.2) is 53.7 Å². The predicted molar refractivity (Wildman–Crippen MR) is 89.8 cm³/mol. The lowest BCUT2D eigenvalue weighted by molar-refractivity contribution is 0.0543. The highest BCUT2D eigenvalue weighted by Crippen LogP contribution is 2.23. The first kappa shape index (κ1) is 17.6. The maximum absolute atomic E-state index is 11.5.